The summed E-state index contributed by atoms with van der Waals surface area (Å²) in [5.74, 6) is 1.75. The number of aromatic nitrogens is 2. The van der Waals surface area contributed by atoms with Crippen molar-refractivity contribution in [1.29, 1.82) is 0 Å². The number of methoxy groups -OCH3 is 1. The molecule has 0 radical (unpaired) electrons. The highest BCUT2D eigenvalue weighted by Gasteiger charge is 2.29. The van der Waals surface area contributed by atoms with Gasteiger partial charge in [-0.1, -0.05) is 94.8 Å². The molecule has 0 bridgehead atoms. The van der Waals surface area contributed by atoms with Gasteiger partial charge in [-0.05, 0) is 55.9 Å². The summed E-state index contributed by atoms with van der Waals surface area (Å²) >= 11 is 0. The van der Waals surface area contributed by atoms with Gasteiger partial charge in [-0.15, -0.1) is 0 Å². The summed E-state index contributed by atoms with van der Waals surface area (Å²) in [6, 6.07) is 15.0. The second-order valence-electron chi connectivity index (χ2n) is 13.1. The SMILES string of the molecule is CCC1CCCC(C)CC1.COc1cccc(C(C(C)=O)n2cnc(NC(=O)[C@@H](COCc3ccccc3)NC(=O)C(C)(C)N)c2)c1. The minimum atomic E-state index is -1.19. The number of ether oxygens (including phenoxy) is 2. The number of carbonyl (C=O) groups is 3. The molecule has 256 valence electrons. The summed E-state index contributed by atoms with van der Waals surface area (Å²) in [5.41, 5.74) is 6.35. The number of amides is 2. The number of ketones is 1. The lowest BCUT2D eigenvalue weighted by atomic mass is 9.97. The Bertz CT molecular complexity index is 1420. The van der Waals surface area contributed by atoms with E-state index in [-0.39, 0.29) is 24.8 Å². The van der Waals surface area contributed by atoms with Crippen molar-refractivity contribution in [1.82, 2.24) is 14.9 Å². The molecule has 1 fully saturated rings. The molecule has 1 heterocycles. The van der Waals surface area contributed by atoms with E-state index in [1.54, 1.807) is 49.9 Å². The third-order valence-electron chi connectivity index (χ3n) is 8.50. The van der Waals surface area contributed by atoms with Gasteiger partial charge in [-0.3, -0.25) is 14.4 Å². The highest BCUT2D eigenvalue weighted by molar-refractivity contribution is 5.98. The van der Waals surface area contributed by atoms with E-state index in [0.717, 1.165) is 17.4 Å². The molecular weight excluding hydrogens is 594 g/mol. The van der Waals surface area contributed by atoms with Gasteiger partial charge in [-0.25, -0.2) is 4.98 Å². The van der Waals surface area contributed by atoms with Crippen molar-refractivity contribution in [3.8, 4) is 5.75 Å². The molecule has 3 unspecified atom stereocenters. The first-order valence-electron chi connectivity index (χ1n) is 16.6. The number of anilines is 1. The summed E-state index contributed by atoms with van der Waals surface area (Å²) in [6.45, 7) is 9.49. The number of nitrogens with two attached hydrogens (primary N) is 1. The van der Waals surface area contributed by atoms with Crippen molar-refractivity contribution in [2.75, 3.05) is 19.0 Å². The Kier molecular flexibility index (Phi) is 14.6. The van der Waals surface area contributed by atoms with Gasteiger partial charge >= 0.3 is 0 Å². The van der Waals surface area contributed by atoms with E-state index in [9.17, 15) is 14.4 Å². The van der Waals surface area contributed by atoms with E-state index in [4.69, 9.17) is 15.2 Å². The standard InChI is InChI=1S/C27H33N5O5.C10H20/c1-18(33)24(20-11-8-12-21(13-20)36-4)32-14-23(29-17-32)31-25(34)22(30-26(35)27(2,3)28)16-37-15-19-9-6-5-7-10-19;1-3-10-6-4-5-9(2)7-8-10/h5-14,17,22,24H,15-16,28H2,1-4H3,(H,30,35)(H,31,34);9-10H,3-8H2,1-2H3/t22-,24?;/m1./s1. The molecule has 4 atom stereocenters. The van der Waals surface area contributed by atoms with Crippen LogP contribution in [0.3, 0.4) is 0 Å². The molecule has 10 heteroatoms. The van der Waals surface area contributed by atoms with E-state index >= 15 is 0 Å². The summed E-state index contributed by atoms with van der Waals surface area (Å²) in [7, 11) is 1.55. The van der Waals surface area contributed by atoms with E-state index in [0.29, 0.717) is 11.3 Å². The molecule has 1 aliphatic rings. The fourth-order valence-corrected chi connectivity index (χ4v) is 5.55. The smallest absolute Gasteiger partial charge is 0.250 e. The van der Waals surface area contributed by atoms with Crippen LogP contribution in [0.2, 0.25) is 0 Å². The molecule has 1 saturated carbocycles. The van der Waals surface area contributed by atoms with Crippen LogP contribution in [0.1, 0.15) is 90.3 Å². The van der Waals surface area contributed by atoms with Crippen LogP contribution in [0.25, 0.3) is 0 Å². The Labute approximate surface area is 279 Å². The number of rotatable bonds is 13. The predicted molar refractivity (Wildman–Crippen MR) is 185 cm³/mol. The van der Waals surface area contributed by atoms with Crippen molar-refractivity contribution in [2.24, 2.45) is 17.6 Å². The molecule has 1 aliphatic carbocycles. The van der Waals surface area contributed by atoms with Crippen molar-refractivity contribution < 1.29 is 23.9 Å². The lowest BCUT2D eigenvalue weighted by Crippen LogP contribution is -2.56. The lowest BCUT2D eigenvalue weighted by Gasteiger charge is -2.23. The van der Waals surface area contributed by atoms with Gasteiger partial charge in [0.15, 0.2) is 11.6 Å². The van der Waals surface area contributed by atoms with Crippen LogP contribution in [0.5, 0.6) is 5.75 Å². The molecular formula is C37H53N5O5. The number of imidazole rings is 1. The largest absolute Gasteiger partial charge is 0.497 e. The fraction of sp³-hybridized carbons (Fsp3) is 0.514. The quantitative estimate of drug-likeness (QED) is 0.192. The van der Waals surface area contributed by atoms with Crippen LogP contribution in [-0.2, 0) is 25.7 Å². The maximum absolute atomic E-state index is 13.1. The monoisotopic (exact) mass is 647 g/mol. The topological polar surface area (TPSA) is 138 Å². The van der Waals surface area contributed by atoms with Crippen LogP contribution in [0.4, 0.5) is 5.82 Å². The van der Waals surface area contributed by atoms with Crippen molar-refractivity contribution in [3.05, 3.63) is 78.2 Å². The molecule has 0 saturated heterocycles. The Morgan fingerprint density at radius 2 is 1.81 bits per heavy atom. The average Bonchev–Trinajstić information content (AvgIpc) is 3.38. The average molecular weight is 648 g/mol. The van der Waals surface area contributed by atoms with E-state index in [1.165, 1.54) is 51.8 Å². The van der Waals surface area contributed by atoms with Gasteiger partial charge in [-0.2, -0.15) is 0 Å². The van der Waals surface area contributed by atoms with Crippen LogP contribution >= 0.6 is 0 Å². The maximum atomic E-state index is 13.1. The van der Waals surface area contributed by atoms with E-state index < -0.39 is 29.4 Å². The molecule has 2 amide bonds. The van der Waals surface area contributed by atoms with Crippen LogP contribution in [-0.4, -0.2) is 52.4 Å². The van der Waals surface area contributed by atoms with Crippen molar-refractivity contribution >= 4 is 23.4 Å². The van der Waals surface area contributed by atoms with Gasteiger partial charge < -0.3 is 30.4 Å². The minimum absolute atomic E-state index is 0.0802. The third kappa shape index (κ3) is 12.3. The molecule has 4 N–H and O–H groups in total. The molecule has 0 spiro atoms. The van der Waals surface area contributed by atoms with Gasteiger partial charge in [0, 0.05) is 6.20 Å². The summed E-state index contributed by atoms with van der Waals surface area (Å²) in [4.78, 5) is 42.3. The molecule has 0 aliphatic heterocycles. The molecule has 47 heavy (non-hydrogen) atoms. The number of carbonyl (C=O) groups excluding carboxylic acids is 3. The molecule has 4 rings (SSSR count). The van der Waals surface area contributed by atoms with Crippen LogP contribution in [0.15, 0.2) is 67.1 Å². The highest BCUT2D eigenvalue weighted by atomic mass is 16.5. The minimum Gasteiger partial charge on any atom is -0.497 e. The second-order valence-corrected chi connectivity index (χ2v) is 13.1. The zero-order valence-corrected chi connectivity index (χ0v) is 28.8. The van der Waals surface area contributed by atoms with E-state index in [1.807, 2.05) is 36.4 Å². The van der Waals surface area contributed by atoms with Crippen LogP contribution < -0.4 is 21.1 Å². The number of nitrogens with zero attached hydrogens (tertiary/aromatic N) is 2. The van der Waals surface area contributed by atoms with Crippen molar-refractivity contribution in [3.63, 3.8) is 0 Å². The number of hydrogen-bond donors (Lipinski definition) is 3. The molecule has 3 aromatic rings. The number of benzene rings is 2. The molecule has 1 aromatic heterocycles. The van der Waals surface area contributed by atoms with Gasteiger partial charge in [0.2, 0.25) is 5.91 Å². The summed E-state index contributed by atoms with van der Waals surface area (Å²) in [5, 5.41) is 5.34. The highest BCUT2D eigenvalue weighted by Crippen LogP contribution is 2.28. The Morgan fingerprint density at radius 1 is 1.06 bits per heavy atom. The number of hydrogen-bond acceptors (Lipinski definition) is 7. The first-order chi connectivity index (χ1) is 22.4. The third-order valence-corrected chi connectivity index (χ3v) is 8.50. The predicted octanol–water partition coefficient (Wildman–Crippen LogP) is 6.06. The number of Topliss-reactive ketones (excluding diaryl/α,β-unsaturated/α-hetero) is 1. The Balaban J connectivity index is 0.000000511. The zero-order chi connectivity index (χ0) is 34.4. The normalized spacial score (nSPS) is 17.7. The fourth-order valence-electron chi connectivity index (χ4n) is 5.55. The second kappa shape index (κ2) is 18.4. The molecule has 2 aromatic carbocycles. The van der Waals surface area contributed by atoms with Gasteiger partial charge in [0.1, 0.15) is 17.8 Å². The summed E-state index contributed by atoms with van der Waals surface area (Å²) < 4.78 is 12.6. The van der Waals surface area contributed by atoms with E-state index in [2.05, 4.69) is 29.5 Å². The summed E-state index contributed by atoms with van der Waals surface area (Å²) in [6.07, 6.45) is 11.9. The Morgan fingerprint density at radius 3 is 2.47 bits per heavy atom. The van der Waals surface area contributed by atoms with Gasteiger partial charge in [0.05, 0.1) is 32.2 Å². The molecule has 10 nitrogen and oxygen atoms in total. The van der Waals surface area contributed by atoms with Gasteiger partial charge in [0.25, 0.3) is 5.91 Å². The number of nitrogens with one attached hydrogen (secondary N) is 2. The first kappa shape index (κ1) is 37.4. The Hall–Kier alpha value is -4.02. The van der Waals surface area contributed by atoms with Crippen molar-refractivity contribution in [2.45, 2.75) is 97.4 Å². The zero-order valence-electron chi connectivity index (χ0n) is 28.8. The first-order valence-corrected chi connectivity index (χ1v) is 16.6. The lowest BCUT2D eigenvalue weighted by molar-refractivity contribution is -0.130. The van der Waals surface area contributed by atoms with Crippen LogP contribution in [0, 0.1) is 11.8 Å². The maximum Gasteiger partial charge on any atom is 0.250 e.